The molecule has 1 rings (SSSR count). The van der Waals surface area contributed by atoms with E-state index in [4.69, 9.17) is 15.3 Å². The predicted octanol–water partition coefficient (Wildman–Crippen LogP) is 1.49. The van der Waals surface area contributed by atoms with Gasteiger partial charge in [0.1, 0.15) is 12.4 Å². The number of hydrogen-bond donors (Lipinski definition) is 2. The zero-order valence-corrected chi connectivity index (χ0v) is 11.0. The van der Waals surface area contributed by atoms with E-state index in [0.717, 1.165) is 0 Å². The van der Waals surface area contributed by atoms with Gasteiger partial charge in [-0.2, -0.15) is 0 Å². The maximum atomic E-state index is 9.50. The Hall–Kier alpha value is -1.75. The molecule has 0 aliphatic carbocycles. The van der Waals surface area contributed by atoms with Crippen LogP contribution in [0, 0.1) is 0 Å². The average molecular weight is 252 g/mol. The van der Waals surface area contributed by atoms with Gasteiger partial charge in [-0.05, 0) is 26.0 Å². The van der Waals surface area contributed by atoms with Gasteiger partial charge in [-0.15, -0.1) is 0 Å². The molecule has 0 spiro atoms. The molecule has 0 aliphatic rings. The fourth-order valence-electron chi connectivity index (χ4n) is 1.32. The SMILES string of the molecule is COc1ccccc1/C(N)=N/OCCC(C)(C)O. The quantitative estimate of drug-likeness (QED) is 0.348. The van der Waals surface area contributed by atoms with Crippen molar-refractivity contribution in [2.24, 2.45) is 10.9 Å². The second-order valence-corrected chi connectivity index (χ2v) is 4.57. The van der Waals surface area contributed by atoms with Crippen molar-refractivity contribution in [3.05, 3.63) is 29.8 Å². The summed E-state index contributed by atoms with van der Waals surface area (Å²) in [6, 6.07) is 7.30. The number of para-hydroxylation sites is 1. The molecule has 3 N–H and O–H groups in total. The third kappa shape index (κ3) is 4.63. The molecule has 0 heterocycles. The number of amidine groups is 1. The smallest absolute Gasteiger partial charge is 0.174 e. The van der Waals surface area contributed by atoms with Gasteiger partial charge in [0, 0.05) is 6.42 Å². The van der Waals surface area contributed by atoms with E-state index < -0.39 is 5.60 Å². The number of aliphatic hydroxyl groups is 1. The Kier molecular flexibility index (Phi) is 4.97. The summed E-state index contributed by atoms with van der Waals surface area (Å²) in [5, 5.41) is 13.3. The molecule has 0 amide bonds. The number of nitrogens with two attached hydrogens (primary N) is 1. The van der Waals surface area contributed by atoms with Crippen LogP contribution in [0.4, 0.5) is 0 Å². The molecule has 0 unspecified atom stereocenters. The van der Waals surface area contributed by atoms with Crippen LogP contribution in [0.5, 0.6) is 5.75 Å². The first-order chi connectivity index (χ1) is 8.44. The van der Waals surface area contributed by atoms with E-state index >= 15 is 0 Å². The van der Waals surface area contributed by atoms with Gasteiger partial charge in [-0.1, -0.05) is 17.3 Å². The van der Waals surface area contributed by atoms with Gasteiger partial charge >= 0.3 is 0 Å². The molecule has 100 valence electrons. The summed E-state index contributed by atoms with van der Waals surface area (Å²) in [4.78, 5) is 5.07. The van der Waals surface area contributed by atoms with Crippen molar-refractivity contribution in [2.75, 3.05) is 13.7 Å². The lowest BCUT2D eigenvalue weighted by molar-refractivity contribution is 0.0298. The van der Waals surface area contributed by atoms with E-state index in [-0.39, 0.29) is 5.84 Å². The van der Waals surface area contributed by atoms with E-state index in [9.17, 15) is 5.11 Å². The molecule has 1 aromatic rings. The Morgan fingerprint density at radius 1 is 1.39 bits per heavy atom. The first-order valence-corrected chi connectivity index (χ1v) is 5.75. The second-order valence-electron chi connectivity index (χ2n) is 4.57. The second kappa shape index (κ2) is 6.26. The highest BCUT2D eigenvalue weighted by Crippen LogP contribution is 2.16. The van der Waals surface area contributed by atoms with Crippen molar-refractivity contribution < 1.29 is 14.7 Å². The normalized spacial score (nSPS) is 12.3. The molecule has 0 atom stereocenters. The monoisotopic (exact) mass is 252 g/mol. The van der Waals surface area contributed by atoms with Crippen LogP contribution < -0.4 is 10.5 Å². The van der Waals surface area contributed by atoms with Gasteiger partial charge < -0.3 is 20.4 Å². The molecule has 5 nitrogen and oxygen atoms in total. The molecule has 0 aromatic heterocycles. The third-order valence-electron chi connectivity index (χ3n) is 2.35. The Balaban J connectivity index is 2.61. The lowest BCUT2D eigenvalue weighted by atomic mass is 10.1. The molecule has 18 heavy (non-hydrogen) atoms. The van der Waals surface area contributed by atoms with E-state index in [1.165, 1.54) is 0 Å². The maximum absolute atomic E-state index is 9.50. The van der Waals surface area contributed by atoms with Crippen LogP contribution in [0.25, 0.3) is 0 Å². The molecular formula is C13H20N2O3. The number of benzene rings is 1. The Morgan fingerprint density at radius 2 is 2.06 bits per heavy atom. The number of methoxy groups -OCH3 is 1. The van der Waals surface area contributed by atoms with Crippen molar-refractivity contribution in [3.8, 4) is 5.75 Å². The maximum Gasteiger partial charge on any atom is 0.174 e. The lowest BCUT2D eigenvalue weighted by Crippen LogP contribution is -2.21. The van der Waals surface area contributed by atoms with Gasteiger partial charge in [-0.3, -0.25) is 0 Å². The van der Waals surface area contributed by atoms with Gasteiger partial charge in [0.2, 0.25) is 0 Å². The number of rotatable bonds is 6. The summed E-state index contributed by atoms with van der Waals surface area (Å²) < 4.78 is 5.17. The topological polar surface area (TPSA) is 77.1 Å². The molecule has 0 radical (unpaired) electrons. The average Bonchev–Trinajstić information content (AvgIpc) is 2.33. The van der Waals surface area contributed by atoms with Crippen LogP contribution in [0.2, 0.25) is 0 Å². The van der Waals surface area contributed by atoms with Crippen LogP contribution in [-0.4, -0.2) is 30.3 Å². The molecule has 0 aliphatic heterocycles. The molecule has 0 saturated carbocycles. The Bertz CT molecular complexity index is 411. The summed E-state index contributed by atoms with van der Waals surface area (Å²) in [6.07, 6.45) is 0.482. The fourth-order valence-corrected chi connectivity index (χ4v) is 1.32. The molecule has 0 bridgehead atoms. The minimum Gasteiger partial charge on any atom is -0.496 e. The molecular weight excluding hydrogens is 232 g/mol. The molecule has 5 heteroatoms. The van der Waals surface area contributed by atoms with Gasteiger partial charge in [0.05, 0.1) is 18.3 Å². The highest BCUT2D eigenvalue weighted by atomic mass is 16.6. The number of nitrogens with zero attached hydrogens (tertiary/aromatic N) is 1. The molecule has 0 saturated heterocycles. The van der Waals surface area contributed by atoms with Crippen molar-refractivity contribution in [3.63, 3.8) is 0 Å². The minimum absolute atomic E-state index is 0.253. The summed E-state index contributed by atoms with van der Waals surface area (Å²) in [5.74, 6) is 0.896. The number of hydrogen-bond acceptors (Lipinski definition) is 4. The first kappa shape index (κ1) is 14.3. The first-order valence-electron chi connectivity index (χ1n) is 5.75. The summed E-state index contributed by atoms with van der Waals surface area (Å²) in [6.45, 7) is 3.73. The summed E-state index contributed by atoms with van der Waals surface area (Å²) in [5.41, 5.74) is 5.72. The van der Waals surface area contributed by atoms with E-state index in [1.807, 2.05) is 12.1 Å². The van der Waals surface area contributed by atoms with Crippen LogP contribution in [-0.2, 0) is 4.84 Å². The minimum atomic E-state index is -0.769. The third-order valence-corrected chi connectivity index (χ3v) is 2.35. The van der Waals surface area contributed by atoms with Crippen LogP contribution >= 0.6 is 0 Å². The largest absolute Gasteiger partial charge is 0.496 e. The van der Waals surface area contributed by atoms with Gasteiger partial charge in [0.25, 0.3) is 0 Å². The molecule has 0 fully saturated rings. The van der Waals surface area contributed by atoms with Crippen LogP contribution in [0.3, 0.4) is 0 Å². The predicted molar refractivity (Wildman–Crippen MR) is 70.6 cm³/mol. The number of ether oxygens (including phenoxy) is 1. The van der Waals surface area contributed by atoms with Crippen LogP contribution in [0.15, 0.2) is 29.4 Å². The fraction of sp³-hybridized carbons (Fsp3) is 0.462. The van der Waals surface area contributed by atoms with Crippen molar-refractivity contribution in [1.29, 1.82) is 0 Å². The highest BCUT2D eigenvalue weighted by molar-refractivity contribution is 5.99. The zero-order chi connectivity index (χ0) is 13.6. The standard InChI is InChI=1S/C13H20N2O3/c1-13(2,16)8-9-18-15-12(14)10-6-4-5-7-11(10)17-3/h4-7,16H,8-9H2,1-3H3,(H2,14,15). The molecule has 1 aromatic carbocycles. The Labute approximate surface area is 107 Å². The van der Waals surface area contributed by atoms with E-state index in [0.29, 0.717) is 24.3 Å². The van der Waals surface area contributed by atoms with Crippen molar-refractivity contribution >= 4 is 5.84 Å². The van der Waals surface area contributed by atoms with Gasteiger partial charge in [-0.25, -0.2) is 0 Å². The zero-order valence-electron chi connectivity index (χ0n) is 11.0. The van der Waals surface area contributed by atoms with Gasteiger partial charge in [0.15, 0.2) is 5.84 Å². The van der Waals surface area contributed by atoms with Crippen LogP contribution in [0.1, 0.15) is 25.8 Å². The summed E-state index contributed by atoms with van der Waals surface area (Å²) >= 11 is 0. The highest BCUT2D eigenvalue weighted by Gasteiger charge is 2.12. The van der Waals surface area contributed by atoms with Crippen molar-refractivity contribution in [2.45, 2.75) is 25.9 Å². The van der Waals surface area contributed by atoms with E-state index in [1.54, 1.807) is 33.1 Å². The lowest BCUT2D eigenvalue weighted by Gasteiger charge is -2.15. The van der Waals surface area contributed by atoms with E-state index in [2.05, 4.69) is 5.16 Å². The van der Waals surface area contributed by atoms with Crippen molar-refractivity contribution in [1.82, 2.24) is 0 Å². The Morgan fingerprint density at radius 3 is 2.67 bits per heavy atom. The number of oxime groups is 1. The summed E-state index contributed by atoms with van der Waals surface area (Å²) in [7, 11) is 1.57.